The van der Waals surface area contributed by atoms with E-state index in [1.54, 1.807) is 0 Å². The molecule has 0 bridgehead atoms. The minimum absolute atomic E-state index is 0.363. The van der Waals surface area contributed by atoms with Gasteiger partial charge in [-0.2, -0.15) is 0 Å². The Kier molecular flexibility index (Phi) is 7.04. The van der Waals surface area contributed by atoms with Crippen molar-refractivity contribution in [3.8, 4) is 0 Å². The second kappa shape index (κ2) is 7.07. The molecule has 0 amide bonds. The standard InChI is InChI=1S/C9H20O/c1-3-5-6-9(4-2)7-8-10/h9-10H,3-8H2,1-2H3/t9-/m0/s1. The quantitative estimate of drug-likeness (QED) is 0.607. The molecule has 0 saturated carbocycles. The molecule has 0 aliphatic heterocycles. The molecule has 1 heteroatoms. The van der Waals surface area contributed by atoms with Crippen LogP contribution in [0.4, 0.5) is 0 Å². The van der Waals surface area contributed by atoms with Gasteiger partial charge in [0.05, 0.1) is 0 Å². The number of hydrogen-bond acceptors (Lipinski definition) is 1. The van der Waals surface area contributed by atoms with Crippen molar-refractivity contribution in [3.63, 3.8) is 0 Å². The van der Waals surface area contributed by atoms with Crippen molar-refractivity contribution in [2.75, 3.05) is 6.61 Å². The zero-order valence-electron chi connectivity index (χ0n) is 7.27. The van der Waals surface area contributed by atoms with Crippen LogP contribution in [-0.4, -0.2) is 11.7 Å². The summed E-state index contributed by atoms with van der Waals surface area (Å²) in [6.07, 6.45) is 6.12. The Labute approximate surface area is 64.5 Å². The van der Waals surface area contributed by atoms with Crippen LogP contribution in [0.25, 0.3) is 0 Å². The van der Waals surface area contributed by atoms with E-state index in [0.29, 0.717) is 6.61 Å². The number of rotatable bonds is 6. The number of unbranched alkanes of at least 4 members (excludes halogenated alkanes) is 1. The van der Waals surface area contributed by atoms with Gasteiger partial charge in [-0.15, -0.1) is 0 Å². The van der Waals surface area contributed by atoms with Gasteiger partial charge in [-0.1, -0.05) is 39.5 Å². The van der Waals surface area contributed by atoms with Gasteiger partial charge in [0.2, 0.25) is 0 Å². The highest BCUT2D eigenvalue weighted by atomic mass is 16.3. The first-order valence-electron chi connectivity index (χ1n) is 4.46. The molecule has 1 atom stereocenters. The zero-order valence-corrected chi connectivity index (χ0v) is 7.27. The fraction of sp³-hybridized carbons (Fsp3) is 1.00. The number of hydrogen-bond donors (Lipinski definition) is 1. The van der Waals surface area contributed by atoms with Crippen molar-refractivity contribution < 1.29 is 5.11 Å². The fourth-order valence-corrected chi connectivity index (χ4v) is 1.23. The SMILES string of the molecule is CCCC[C@H](CC)CCO. The average Bonchev–Trinajstić information content (AvgIpc) is 1.98. The van der Waals surface area contributed by atoms with E-state index in [-0.39, 0.29) is 0 Å². The van der Waals surface area contributed by atoms with E-state index in [2.05, 4.69) is 13.8 Å². The van der Waals surface area contributed by atoms with Gasteiger partial charge in [-0.3, -0.25) is 0 Å². The smallest absolute Gasteiger partial charge is 0.0433 e. The van der Waals surface area contributed by atoms with Gasteiger partial charge >= 0.3 is 0 Å². The van der Waals surface area contributed by atoms with Crippen LogP contribution in [0.15, 0.2) is 0 Å². The minimum Gasteiger partial charge on any atom is -0.396 e. The molecule has 0 aromatic heterocycles. The lowest BCUT2D eigenvalue weighted by Crippen LogP contribution is -2.01. The molecule has 62 valence electrons. The van der Waals surface area contributed by atoms with Crippen LogP contribution < -0.4 is 0 Å². The van der Waals surface area contributed by atoms with Gasteiger partial charge in [-0.05, 0) is 12.3 Å². The maximum atomic E-state index is 8.67. The molecule has 0 unspecified atom stereocenters. The minimum atomic E-state index is 0.363. The Morgan fingerprint density at radius 1 is 1.20 bits per heavy atom. The molecule has 0 spiro atoms. The van der Waals surface area contributed by atoms with Gasteiger partial charge in [0.25, 0.3) is 0 Å². The summed E-state index contributed by atoms with van der Waals surface area (Å²) in [4.78, 5) is 0. The third-order valence-electron chi connectivity index (χ3n) is 2.08. The zero-order chi connectivity index (χ0) is 7.82. The van der Waals surface area contributed by atoms with Gasteiger partial charge in [0, 0.05) is 6.61 Å². The van der Waals surface area contributed by atoms with Crippen LogP contribution in [0.5, 0.6) is 0 Å². The highest BCUT2D eigenvalue weighted by Crippen LogP contribution is 2.15. The first-order valence-corrected chi connectivity index (χ1v) is 4.46. The van der Waals surface area contributed by atoms with Crippen LogP contribution in [0, 0.1) is 5.92 Å². The second-order valence-corrected chi connectivity index (χ2v) is 2.93. The van der Waals surface area contributed by atoms with Gasteiger partial charge < -0.3 is 5.11 Å². The van der Waals surface area contributed by atoms with Crippen LogP contribution in [0.1, 0.15) is 46.0 Å². The summed E-state index contributed by atoms with van der Waals surface area (Å²) >= 11 is 0. The molecule has 0 aliphatic rings. The molecule has 1 nitrogen and oxygen atoms in total. The monoisotopic (exact) mass is 144 g/mol. The Morgan fingerprint density at radius 3 is 2.30 bits per heavy atom. The normalized spacial score (nSPS) is 13.5. The average molecular weight is 144 g/mol. The molecule has 0 aromatic rings. The van der Waals surface area contributed by atoms with Crippen LogP contribution in [-0.2, 0) is 0 Å². The van der Waals surface area contributed by atoms with Crippen molar-refractivity contribution in [2.24, 2.45) is 5.92 Å². The third-order valence-corrected chi connectivity index (χ3v) is 2.08. The summed E-state index contributed by atoms with van der Waals surface area (Å²) in [5.41, 5.74) is 0. The van der Waals surface area contributed by atoms with Crippen LogP contribution >= 0.6 is 0 Å². The summed E-state index contributed by atoms with van der Waals surface area (Å²) in [6, 6.07) is 0. The first kappa shape index (κ1) is 9.96. The summed E-state index contributed by atoms with van der Waals surface area (Å²) in [6.45, 7) is 4.78. The van der Waals surface area contributed by atoms with E-state index in [0.717, 1.165) is 12.3 Å². The fourth-order valence-electron chi connectivity index (χ4n) is 1.23. The van der Waals surface area contributed by atoms with E-state index >= 15 is 0 Å². The van der Waals surface area contributed by atoms with Crippen molar-refractivity contribution in [1.29, 1.82) is 0 Å². The maximum Gasteiger partial charge on any atom is 0.0433 e. The molecule has 0 fully saturated rings. The highest BCUT2D eigenvalue weighted by molar-refractivity contribution is 4.55. The highest BCUT2D eigenvalue weighted by Gasteiger charge is 2.03. The van der Waals surface area contributed by atoms with E-state index in [1.807, 2.05) is 0 Å². The molecular formula is C9H20O. The second-order valence-electron chi connectivity index (χ2n) is 2.93. The molecule has 0 aromatic carbocycles. The maximum absolute atomic E-state index is 8.67. The predicted molar refractivity (Wildman–Crippen MR) is 45.0 cm³/mol. The van der Waals surface area contributed by atoms with Crippen LogP contribution in [0.2, 0.25) is 0 Å². The van der Waals surface area contributed by atoms with Crippen molar-refractivity contribution in [2.45, 2.75) is 46.0 Å². The molecule has 0 radical (unpaired) electrons. The van der Waals surface area contributed by atoms with Crippen molar-refractivity contribution in [1.82, 2.24) is 0 Å². The van der Waals surface area contributed by atoms with Crippen molar-refractivity contribution >= 4 is 0 Å². The van der Waals surface area contributed by atoms with E-state index in [1.165, 1.54) is 25.7 Å². The molecule has 0 heterocycles. The molecule has 10 heavy (non-hydrogen) atoms. The van der Waals surface area contributed by atoms with Crippen LogP contribution in [0.3, 0.4) is 0 Å². The first-order chi connectivity index (χ1) is 4.85. The summed E-state index contributed by atoms with van der Waals surface area (Å²) in [5.74, 6) is 0.768. The predicted octanol–water partition coefficient (Wildman–Crippen LogP) is 2.59. The Balaban J connectivity index is 3.21. The van der Waals surface area contributed by atoms with E-state index < -0.39 is 0 Å². The Bertz CT molecular complexity index is 61.7. The Morgan fingerprint density at radius 2 is 1.90 bits per heavy atom. The molecule has 0 aliphatic carbocycles. The lowest BCUT2D eigenvalue weighted by Gasteiger charge is -2.11. The molecule has 0 rings (SSSR count). The van der Waals surface area contributed by atoms with E-state index in [9.17, 15) is 0 Å². The molecule has 1 N–H and O–H groups in total. The lowest BCUT2D eigenvalue weighted by atomic mass is 9.96. The molecular weight excluding hydrogens is 124 g/mol. The summed E-state index contributed by atoms with van der Waals surface area (Å²) < 4.78 is 0. The summed E-state index contributed by atoms with van der Waals surface area (Å²) in [5, 5.41) is 8.67. The third kappa shape index (κ3) is 4.80. The van der Waals surface area contributed by atoms with Gasteiger partial charge in [-0.25, -0.2) is 0 Å². The van der Waals surface area contributed by atoms with Gasteiger partial charge in [0.1, 0.15) is 0 Å². The van der Waals surface area contributed by atoms with E-state index in [4.69, 9.17) is 5.11 Å². The topological polar surface area (TPSA) is 20.2 Å². The number of aliphatic hydroxyl groups is 1. The van der Waals surface area contributed by atoms with Crippen molar-refractivity contribution in [3.05, 3.63) is 0 Å². The van der Waals surface area contributed by atoms with Gasteiger partial charge in [0.15, 0.2) is 0 Å². The summed E-state index contributed by atoms with van der Waals surface area (Å²) in [7, 11) is 0. The largest absolute Gasteiger partial charge is 0.396 e. The molecule has 0 saturated heterocycles. The number of aliphatic hydroxyl groups excluding tert-OH is 1. The lowest BCUT2D eigenvalue weighted by molar-refractivity contribution is 0.247. The Hall–Kier alpha value is -0.0400.